The minimum Gasteiger partial charge on any atom is -0.496 e. The van der Waals surface area contributed by atoms with E-state index in [-0.39, 0.29) is 17.9 Å². The lowest BCUT2D eigenvalue weighted by Crippen LogP contribution is -2.33. The molecule has 2 aromatic heterocycles. The van der Waals surface area contributed by atoms with Crippen molar-refractivity contribution in [2.24, 2.45) is 0 Å². The first-order chi connectivity index (χ1) is 19.9. The predicted molar refractivity (Wildman–Crippen MR) is 157 cm³/mol. The standard InChI is InChI=1S/C31H34FN5O4/c1-36(2)30(38)24-15-20(17-26(32)28(24)35-31(39)41-14-13-37-11-7-4-8-12-37)21-16-23-25(19-34-29(23)33-18-21)22-9-5-6-10-27(22)40-3/h5-6,9-10,15-19H,4,7-8,11-14H2,1-3H3,(H,33,34)(H,35,39). The maximum Gasteiger partial charge on any atom is 0.411 e. The van der Waals surface area contributed by atoms with Crippen molar-refractivity contribution in [3.63, 3.8) is 0 Å². The van der Waals surface area contributed by atoms with Crippen LogP contribution in [0.1, 0.15) is 29.6 Å². The van der Waals surface area contributed by atoms with E-state index in [0.717, 1.165) is 42.4 Å². The van der Waals surface area contributed by atoms with E-state index in [0.29, 0.717) is 29.1 Å². The van der Waals surface area contributed by atoms with Crippen molar-refractivity contribution in [2.45, 2.75) is 19.3 Å². The Bertz CT molecular complexity index is 1560. The summed E-state index contributed by atoms with van der Waals surface area (Å²) in [6, 6.07) is 12.4. The van der Waals surface area contributed by atoms with Crippen LogP contribution in [0.2, 0.25) is 0 Å². The number of benzene rings is 2. The number of aromatic nitrogens is 2. The number of carbonyl (C=O) groups is 2. The van der Waals surface area contributed by atoms with Crippen LogP contribution in [-0.4, -0.2) is 79.2 Å². The maximum atomic E-state index is 15.6. The highest BCUT2D eigenvalue weighted by Gasteiger charge is 2.22. The Balaban J connectivity index is 1.44. The van der Waals surface area contributed by atoms with Crippen LogP contribution in [0.3, 0.4) is 0 Å². The van der Waals surface area contributed by atoms with Crippen molar-refractivity contribution in [1.29, 1.82) is 0 Å². The van der Waals surface area contributed by atoms with Crippen LogP contribution >= 0.6 is 0 Å². The van der Waals surface area contributed by atoms with E-state index in [1.807, 2.05) is 36.5 Å². The molecular weight excluding hydrogens is 525 g/mol. The molecule has 0 bridgehead atoms. The van der Waals surface area contributed by atoms with Gasteiger partial charge in [0.25, 0.3) is 5.91 Å². The maximum absolute atomic E-state index is 15.6. The zero-order chi connectivity index (χ0) is 28.9. The number of anilines is 1. The van der Waals surface area contributed by atoms with E-state index in [1.54, 1.807) is 33.5 Å². The van der Waals surface area contributed by atoms with Gasteiger partial charge in [0.1, 0.15) is 23.8 Å². The minimum atomic E-state index is -0.807. The van der Waals surface area contributed by atoms with Crippen LogP contribution in [0.15, 0.2) is 54.9 Å². The molecule has 214 valence electrons. The summed E-state index contributed by atoms with van der Waals surface area (Å²) in [4.78, 5) is 37.0. The van der Waals surface area contributed by atoms with Crippen LogP contribution in [0.25, 0.3) is 33.3 Å². The van der Waals surface area contributed by atoms with Crippen molar-refractivity contribution in [2.75, 3.05) is 52.8 Å². The van der Waals surface area contributed by atoms with Gasteiger partial charge < -0.3 is 19.4 Å². The molecule has 41 heavy (non-hydrogen) atoms. The van der Waals surface area contributed by atoms with Crippen molar-refractivity contribution < 1.29 is 23.5 Å². The Labute approximate surface area is 238 Å². The molecule has 1 fully saturated rings. The first kappa shape index (κ1) is 28.1. The van der Waals surface area contributed by atoms with Crippen molar-refractivity contribution in [1.82, 2.24) is 19.8 Å². The van der Waals surface area contributed by atoms with E-state index >= 15 is 4.39 Å². The molecule has 2 aromatic carbocycles. The number of halogens is 1. The van der Waals surface area contributed by atoms with Gasteiger partial charge in [-0.05, 0) is 55.8 Å². The number of pyridine rings is 1. The second kappa shape index (κ2) is 12.4. The van der Waals surface area contributed by atoms with Gasteiger partial charge in [-0.25, -0.2) is 14.2 Å². The summed E-state index contributed by atoms with van der Waals surface area (Å²) in [5, 5.41) is 3.28. The molecule has 1 saturated heterocycles. The molecule has 0 spiro atoms. The third-order valence-corrected chi connectivity index (χ3v) is 7.30. The Kier molecular flexibility index (Phi) is 8.49. The Morgan fingerprint density at radius 2 is 1.85 bits per heavy atom. The summed E-state index contributed by atoms with van der Waals surface area (Å²) in [6.45, 7) is 2.75. The number of para-hydroxylation sites is 1. The number of ether oxygens (including phenoxy) is 2. The summed E-state index contributed by atoms with van der Waals surface area (Å²) in [5.41, 5.74) is 3.26. The number of rotatable bonds is 8. The van der Waals surface area contributed by atoms with Gasteiger partial charge in [0.05, 0.1) is 18.4 Å². The van der Waals surface area contributed by atoms with Gasteiger partial charge in [-0.1, -0.05) is 24.6 Å². The van der Waals surface area contributed by atoms with E-state index in [4.69, 9.17) is 9.47 Å². The number of hydrogen-bond acceptors (Lipinski definition) is 6. The van der Waals surface area contributed by atoms with E-state index in [9.17, 15) is 9.59 Å². The lowest BCUT2D eigenvalue weighted by atomic mass is 9.99. The molecule has 0 unspecified atom stereocenters. The summed E-state index contributed by atoms with van der Waals surface area (Å²) in [7, 11) is 4.75. The lowest BCUT2D eigenvalue weighted by Gasteiger charge is -2.26. The fraction of sp³-hybridized carbons (Fsp3) is 0.323. The van der Waals surface area contributed by atoms with Gasteiger partial charge in [-0.2, -0.15) is 0 Å². The smallest absolute Gasteiger partial charge is 0.411 e. The Morgan fingerprint density at radius 1 is 1.07 bits per heavy atom. The number of methoxy groups -OCH3 is 1. The number of nitrogens with one attached hydrogen (secondary N) is 2. The molecule has 1 aliphatic rings. The largest absolute Gasteiger partial charge is 0.496 e. The highest BCUT2D eigenvalue weighted by Crippen LogP contribution is 2.37. The second-order valence-corrected chi connectivity index (χ2v) is 10.3. The number of aromatic amines is 1. The molecule has 0 atom stereocenters. The Morgan fingerprint density at radius 3 is 2.61 bits per heavy atom. The highest BCUT2D eigenvalue weighted by atomic mass is 19.1. The second-order valence-electron chi connectivity index (χ2n) is 10.3. The average Bonchev–Trinajstić information content (AvgIpc) is 3.41. The average molecular weight is 560 g/mol. The zero-order valence-corrected chi connectivity index (χ0v) is 23.5. The third kappa shape index (κ3) is 6.17. The topological polar surface area (TPSA) is 99.8 Å². The number of amides is 2. The van der Waals surface area contributed by atoms with Gasteiger partial charge in [0, 0.05) is 55.1 Å². The van der Waals surface area contributed by atoms with Gasteiger partial charge in [0.2, 0.25) is 0 Å². The summed E-state index contributed by atoms with van der Waals surface area (Å²) in [6.07, 6.45) is 6.14. The molecule has 1 aliphatic heterocycles. The predicted octanol–water partition coefficient (Wildman–Crippen LogP) is 5.78. The first-order valence-corrected chi connectivity index (χ1v) is 13.7. The molecule has 5 rings (SSSR count). The molecule has 9 nitrogen and oxygen atoms in total. The molecule has 0 saturated carbocycles. The van der Waals surface area contributed by atoms with E-state index < -0.39 is 17.8 Å². The van der Waals surface area contributed by atoms with Crippen LogP contribution in [-0.2, 0) is 4.74 Å². The molecule has 2 amide bonds. The van der Waals surface area contributed by atoms with Crippen molar-refractivity contribution >= 4 is 28.7 Å². The van der Waals surface area contributed by atoms with Crippen LogP contribution in [0.4, 0.5) is 14.9 Å². The zero-order valence-electron chi connectivity index (χ0n) is 23.5. The van der Waals surface area contributed by atoms with Gasteiger partial charge in [0.15, 0.2) is 0 Å². The number of H-pyrrole nitrogens is 1. The molecule has 0 radical (unpaired) electrons. The molecular formula is C31H34FN5O4. The molecule has 10 heteroatoms. The van der Waals surface area contributed by atoms with E-state index in [2.05, 4.69) is 20.2 Å². The van der Waals surface area contributed by atoms with Crippen molar-refractivity contribution in [3.8, 4) is 28.0 Å². The number of nitrogens with zero attached hydrogens (tertiary/aromatic N) is 3. The Hall–Kier alpha value is -4.44. The number of piperidine rings is 1. The summed E-state index contributed by atoms with van der Waals surface area (Å²) in [5.74, 6) is -0.499. The third-order valence-electron chi connectivity index (χ3n) is 7.30. The number of hydrogen-bond donors (Lipinski definition) is 2. The van der Waals surface area contributed by atoms with Crippen LogP contribution in [0.5, 0.6) is 5.75 Å². The fourth-order valence-corrected chi connectivity index (χ4v) is 5.15. The fourth-order valence-electron chi connectivity index (χ4n) is 5.15. The molecule has 2 N–H and O–H groups in total. The molecule has 3 heterocycles. The highest BCUT2D eigenvalue weighted by molar-refractivity contribution is 6.04. The summed E-state index contributed by atoms with van der Waals surface area (Å²) < 4.78 is 26.5. The normalized spacial score (nSPS) is 13.7. The first-order valence-electron chi connectivity index (χ1n) is 13.7. The van der Waals surface area contributed by atoms with Crippen molar-refractivity contribution in [3.05, 3.63) is 66.2 Å². The number of carbonyl (C=O) groups excluding carboxylic acids is 2. The lowest BCUT2D eigenvalue weighted by molar-refractivity contribution is 0.0828. The molecule has 4 aromatic rings. The quantitative estimate of drug-likeness (QED) is 0.284. The number of fused-ring (bicyclic) bond motifs is 1. The van der Waals surface area contributed by atoms with E-state index in [1.165, 1.54) is 17.4 Å². The van der Waals surface area contributed by atoms with Gasteiger partial charge in [-0.3, -0.25) is 15.0 Å². The number of likely N-dealkylation sites (tertiary alicyclic amines) is 1. The van der Waals surface area contributed by atoms with Gasteiger partial charge in [-0.15, -0.1) is 0 Å². The van der Waals surface area contributed by atoms with Crippen LogP contribution < -0.4 is 10.1 Å². The minimum absolute atomic E-state index is 0.0112. The molecule has 0 aliphatic carbocycles. The SMILES string of the molecule is COc1ccccc1-c1c[nH]c2ncc(-c3cc(F)c(NC(=O)OCCN4CCCCC4)c(C(=O)N(C)C)c3)cc12. The van der Waals surface area contributed by atoms with Crippen LogP contribution in [0, 0.1) is 5.82 Å². The summed E-state index contributed by atoms with van der Waals surface area (Å²) >= 11 is 0. The van der Waals surface area contributed by atoms with Gasteiger partial charge >= 0.3 is 6.09 Å². The monoisotopic (exact) mass is 559 g/mol.